The van der Waals surface area contributed by atoms with Gasteiger partial charge in [0.25, 0.3) is 0 Å². The molecule has 1 aromatic carbocycles. The first-order chi connectivity index (χ1) is 8.22. The van der Waals surface area contributed by atoms with Crippen LogP contribution in [0.2, 0.25) is 0 Å². The molecule has 0 saturated carbocycles. The number of nitrogens with zero attached hydrogens (tertiary/aromatic N) is 1. The second-order valence-corrected chi connectivity index (χ2v) is 4.41. The summed E-state index contributed by atoms with van der Waals surface area (Å²) in [5.74, 6) is 0.805. The Kier molecular flexibility index (Phi) is 3.74. The first kappa shape index (κ1) is 12.0. The van der Waals surface area contributed by atoms with Crippen LogP contribution < -0.4 is 15.4 Å². The predicted octanol–water partition coefficient (Wildman–Crippen LogP) is 1.89. The van der Waals surface area contributed by atoms with E-state index in [4.69, 9.17) is 15.2 Å². The van der Waals surface area contributed by atoms with E-state index in [0.29, 0.717) is 6.10 Å². The van der Waals surface area contributed by atoms with Gasteiger partial charge in [-0.25, -0.2) is 0 Å². The molecule has 1 fully saturated rings. The minimum atomic E-state index is 0.316. The first-order valence-electron chi connectivity index (χ1n) is 5.95. The molecule has 1 aliphatic rings. The number of nitrogens with two attached hydrogens (primary N) is 1. The predicted molar refractivity (Wildman–Crippen MR) is 69.7 cm³/mol. The Balaban J connectivity index is 2.18. The van der Waals surface area contributed by atoms with E-state index < -0.39 is 0 Å². The third-order valence-corrected chi connectivity index (χ3v) is 3.23. The maximum atomic E-state index is 5.87. The molecule has 1 unspecified atom stereocenters. The summed E-state index contributed by atoms with van der Waals surface area (Å²) in [6.45, 7) is 1.97. The molecule has 0 aromatic heterocycles. The molecule has 17 heavy (non-hydrogen) atoms. The molecule has 1 heterocycles. The topological polar surface area (TPSA) is 47.7 Å². The van der Waals surface area contributed by atoms with Crippen LogP contribution in [0.25, 0.3) is 0 Å². The molecule has 1 atom stereocenters. The van der Waals surface area contributed by atoms with Gasteiger partial charge in [0.05, 0.1) is 13.2 Å². The van der Waals surface area contributed by atoms with Gasteiger partial charge in [0.15, 0.2) is 0 Å². The van der Waals surface area contributed by atoms with Crippen molar-refractivity contribution in [2.24, 2.45) is 0 Å². The number of hydrogen-bond donors (Lipinski definition) is 1. The van der Waals surface area contributed by atoms with Crippen LogP contribution in [0.15, 0.2) is 18.2 Å². The lowest BCUT2D eigenvalue weighted by molar-refractivity contribution is 0.0893. The summed E-state index contributed by atoms with van der Waals surface area (Å²) < 4.78 is 10.7. The van der Waals surface area contributed by atoms with Crippen LogP contribution >= 0.6 is 0 Å². The molecule has 1 aromatic rings. The average Bonchev–Trinajstić information content (AvgIpc) is 2.38. The molecule has 0 bridgehead atoms. The van der Waals surface area contributed by atoms with E-state index in [9.17, 15) is 0 Å². The van der Waals surface area contributed by atoms with Crippen molar-refractivity contribution in [3.05, 3.63) is 18.2 Å². The van der Waals surface area contributed by atoms with Crippen LogP contribution in [0.4, 0.5) is 11.4 Å². The second kappa shape index (κ2) is 5.27. The Morgan fingerprint density at radius 3 is 2.82 bits per heavy atom. The highest BCUT2D eigenvalue weighted by molar-refractivity contribution is 5.60. The fraction of sp³-hybridized carbons (Fsp3) is 0.538. The number of piperidine rings is 1. The zero-order valence-electron chi connectivity index (χ0n) is 10.5. The lowest BCUT2D eigenvalue weighted by Crippen LogP contribution is -2.39. The highest BCUT2D eigenvalue weighted by atomic mass is 16.5. The van der Waals surface area contributed by atoms with Crippen molar-refractivity contribution in [1.29, 1.82) is 0 Å². The number of hydrogen-bond acceptors (Lipinski definition) is 4. The monoisotopic (exact) mass is 236 g/mol. The standard InChI is InChI=1S/C13H20N2O2/c1-16-12-4-3-5-15(9-12)11-6-10(14)7-13(8-11)17-2/h6-8,12H,3-5,9,14H2,1-2H3. The average molecular weight is 236 g/mol. The van der Waals surface area contributed by atoms with Gasteiger partial charge < -0.3 is 20.1 Å². The van der Waals surface area contributed by atoms with Crippen molar-refractivity contribution < 1.29 is 9.47 Å². The maximum absolute atomic E-state index is 5.87. The van der Waals surface area contributed by atoms with Crippen LogP contribution in [-0.4, -0.2) is 33.4 Å². The summed E-state index contributed by atoms with van der Waals surface area (Å²) in [7, 11) is 3.43. The number of anilines is 2. The number of ether oxygens (including phenoxy) is 2. The van der Waals surface area contributed by atoms with Crippen LogP contribution in [0.3, 0.4) is 0 Å². The molecule has 0 aliphatic carbocycles. The molecule has 1 aliphatic heterocycles. The van der Waals surface area contributed by atoms with Gasteiger partial charge in [-0.1, -0.05) is 0 Å². The van der Waals surface area contributed by atoms with E-state index in [0.717, 1.165) is 43.1 Å². The minimum Gasteiger partial charge on any atom is -0.497 e. The van der Waals surface area contributed by atoms with Gasteiger partial charge in [-0.05, 0) is 18.9 Å². The lowest BCUT2D eigenvalue weighted by Gasteiger charge is -2.33. The van der Waals surface area contributed by atoms with Crippen LogP contribution in [0, 0.1) is 0 Å². The minimum absolute atomic E-state index is 0.316. The third kappa shape index (κ3) is 2.82. The zero-order chi connectivity index (χ0) is 12.3. The second-order valence-electron chi connectivity index (χ2n) is 4.41. The number of methoxy groups -OCH3 is 2. The van der Waals surface area contributed by atoms with Gasteiger partial charge in [0.1, 0.15) is 5.75 Å². The SMILES string of the molecule is COc1cc(N)cc(N2CCCC(OC)C2)c1. The van der Waals surface area contributed by atoms with E-state index in [-0.39, 0.29) is 0 Å². The summed E-state index contributed by atoms with van der Waals surface area (Å²) in [4.78, 5) is 2.30. The van der Waals surface area contributed by atoms with E-state index in [2.05, 4.69) is 4.90 Å². The Hall–Kier alpha value is -1.42. The largest absolute Gasteiger partial charge is 0.497 e. The van der Waals surface area contributed by atoms with Gasteiger partial charge in [-0.2, -0.15) is 0 Å². The fourth-order valence-electron chi connectivity index (χ4n) is 2.27. The molecule has 2 N–H and O–H groups in total. The molecular formula is C13H20N2O2. The Morgan fingerprint density at radius 1 is 1.29 bits per heavy atom. The van der Waals surface area contributed by atoms with Crippen molar-refractivity contribution in [2.75, 3.05) is 37.9 Å². The number of nitrogen functional groups attached to an aromatic ring is 1. The van der Waals surface area contributed by atoms with Crippen molar-refractivity contribution in [1.82, 2.24) is 0 Å². The molecule has 0 amide bonds. The van der Waals surface area contributed by atoms with E-state index in [1.54, 1.807) is 14.2 Å². The summed E-state index contributed by atoms with van der Waals surface area (Å²) in [6, 6.07) is 5.84. The van der Waals surface area contributed by atoms with E-state index >= 15 is 0 Å². The van der Waals surface area contributed by atoms with Crippen molar-refractivity contribution in [3.63, 3.8) is 0 Å². The molecule has 0 radical (unpaired) electrons. The molecule has 94 valence electrons. The fourth-order valence-corrected chi connectivity index (χ4v) is 2.27. The van der Waals surface area contributed by atoms with Gasteiger partial charge in [0.2, 0.25) is 0 Å². The van der Waals surface area contributed by atoms with Crippen LogP contribution in [0.1, 0.15) is 12.8 Å². The van der Waals surface area contributed by atoms with Crippen LogP contribution in [0.5, 0.6) is 5.75 Å². The molecule has 1 saturated heterocycles. The van der Waals surface area contributed by atoms with Gasteiger partial charge in [-0.15, -0.1) is 0 Å². The molecule has 4 nitrogen and oxygen atoms in total. The van der Waals surface area contributed by atoms with Gasteiger partial charge in [0, 0.05) is 43.7 Å². The molecule has 4 heteroatoms. The summed E-state index contributed by atoms with van der Waals surface area (Å²) in [5, 5.41) is 0. The third-order valence-electron chi connectivity index (χ3n) is 3.23. The quantitative estimate of drug-likeness (QED) is 0.814. The highest BCUT2D eigenvalue weighted by Gasteiger charge is 2.20. The summed E-state index contributed by atoms with van der Waals surface area (Å²) in [5.41, 5.74) is 7.72. The van der Waals surface area contributed by atoms with Gasteiger partial charge in [-0.3, -0.25) is 0 Å². The maximum Gasteiger partial charge on any atom is 0.122 e. The van der Waals surface area contributed by atoms with E-state index in [1.165, 1.54) is 0 Å². The summed E-state index contributed by atoms with van der Waals surface area (Å²) >= 11 is 0. The van der Waals surface area contributed by atoms with Crippen molar-refractivity contribution in [2.45, 2.75) is 18.9 Å². The molecule has 2 rings (SSSR count). The molecule has 0 spiro atoms. The van der Waals surface area contributed by atoms with Gasteiger partial charge >= 0.3 is 0 Å². The molecular weight excluding hydrogens is 216 g/mol. The Morgan fingerprint density at radius 2 is 2.12 bits per heavy atom. The normalized spacial score (nSPS) is 20.4. The Labute approximate surface area is 102 Å². The van der Waals surface area contributed by atoms with Crippen molar-refractivity contribution in [3.8, 4) is 5.75 Å². The van der Waals surface area contributed by atoms with E-state index in [1.807, 2.05) is 18.2 Å². The highest BCUT2D eigenvalue weighted by Crippen LogP contribution is 2.28. The first-order valence-corrected chi connectivity index (χ1v) is 5.95. The van der Waals surface area contributed by atoms with Crippen LogP contribution in [-0.2, 0) is 4.74 Å². The lowest BCUT2D eigenvalue weighted by atomic mass is 10.1. The number of rotatable bonds is 3. The van der Waals surface area contributed by atoms with Crippen molar-refractivity contribution >= 4 is 11.4 Å². The summed E-state index contributed by atoms with van der Waals surface area (Å²) in [6.07, 6.45) is 2.60. The zero-order valence-corrected chi connectivity index (χ0v) is 10.5. The smallest absolute Gasteiger partial charge is 0.122 e. The Bertz CT molecular complexity index is 382. The number of benzene rings is 1.